The van der Waals surface area contributed by atoms with E-state index in [0.717, 1.165) is 50.5 Å². The quantitative estimate of drug-likeness (QED) is 0.0943. The number of esters is 2. The molecule has 19 heteroatoms. The maximum absolute atomic E-state index is 12.9. The average Bonchev–Trinajstić information content (AvgIpc) is 3.76. The van der Waals surface area contributed by atoms with Gasteiger partial charge in [0.15, 0.2) is 18.9 Å². The topological polar surface area (TPSA) is 279 Å². The van der Waals surface area contributed by atoms with Crippen molar-refractivity contribution in [2.75, 3.05) is 26.9 Å². The molecular formula is C44H68O19. The van der Waals surface area contributed by atoms with Gasteiger partial charge in [-0.2, -0.15) is 0 Å². The van der Waals surface area contributed by atoms with Gasteiger partial charge in [0, 0.05) is 44.3 Å². The van der Waals surface area contributed by atoms with Crippen LogP contribution in [0.15, 0.2) is 11.6 Å². The molecule has 4 aliphatic heterocycles. The van der Waals surface area contributed by atoms with Crippen molar-refractivity contribution in [2.24, 2.45) is 34.5 Å². The van der Waals surface area contributed by atoms with Crippen molar-refractivity contribution in [3.63, 3.8) is 0 Å². The van der Waals surface area contributed by atoms with E-state index in [1.165, 1.54) is 20.1 Å². The molecule has 8 aliphatic rings. The molecule has 358 valence electrons. The maximum Gasteiger partial charge on any atom is 0.331 e. The molecule has 4 aliphatic carbocycles. The smallest absolute Gasteiger partial charge is 0.331 e. The zero-order valence-electron chi connectivity index (χ0n) is 36.7. The molecule has 0 amide bonds. The minimum Gasteiger partial charge on any atom is -0.462 e. The lowest BCUT2D eigenvalue weighted by Gasteiger charge is -2.63. The number of ether oxygens (including phenoxy) is 9. The molecule has 23 atom stereocenters. The largest absolute Gasteiger partial charge is 0.462 e. The SMILES string of the molecule is CO[C@H]1C[C@H](O[C@H]2CC[C@@]3(C)[C@H](CC[C@@H]4[C@@H]3CC[C@]3(C)[C@@H](C5=CC(=O)OC5)[C@@H](OC(C)=O)C[C@]43O)C2)O[C@@H](C)[C@@H]1O[C@@H]1O[C@H](CO[C@@H]2O[C@H](CO)[C@@H](O)[C@H](O)[C@H]2O)[C@@H](O)[C@H](O)[C@H]1O. The first-order valence-corrected chi connectivity index (χ1v) is 22.7. The second-order valence-corrected chi connectivity index (χ2v) is 20.0. The Balaban J connectivity index is 0.874. The Bertz CT molecular complexity index is 1680. The number of hydrogen-bond acceptors (Lipinski definition) is 19. The van der Waals surface area contributed by atoms with Crippen LogP contribution >= 0.6 is 0 Å². The van der Waals surface area contributed by atoms with Gasteiger partial charge in [0.25, 0.3) is 0 Å². The summed E-state index contributed by atoms with van der Waals surface area (Å²) in [6, 6.07) is 0. The third-order valence-electron chi connectivity index (χ3n) is 16.7. The van der Waals surface area contributed by atoms with Gasteiger partial charge in [-0.3, -0.25) is 4.79 Å². The summed E-state index contributed by atoms with van der Waals surface area (Å²) in [5.41, 5.74) is -0.944. The Morgan fingerprint density at radius 2 is 1.52 bits per heavy atom. The predicted molar refractivity (Wildman–Crippen MR) is 213 cm³/mol. The van der Waals surface area contributed by atoms with E-state index in [0.29, 0.717) is 12.3 Å². The molecule has 4 heterocycles. The van der Waals surface area contributed by atoms with Crippen molar-refractivity contribution in [1.29, 1.82) is 0 Å². The molecular weight excluding hydrogens is 832 g/mol. The summed E-state index contributed by atoms with van der Waals surface area (Å²) < 4.78 is 53.1. The van der Waals surface area contributed by atoms with Gasteiger partial charge < -0.3 is 83.5 Å². The molecule has 0 aromatic rings. The Morgan fingerprint density at radius 1 is 0.825 bits per heavy atom. The number of carbonyl (C=O) groups excluding carboxylic acids is 2. The zero-order valence-corrected chi connectivity index (χ0v) is 36.7. The summed E-state index contributed by atoms with van der Waals surface area (Å²) in [6.07, 6.45) is -10.8. The molecule has 8 rings (SSSR count). The molecule has 19 nitrogen and oxygen atoms in total. The molecule has 0 bridgehead atoms. The van der Waals surface area contributed by atoms with Crippen LogP contribution in [-0.4, -0.2) is 184 Å². The number of cyclic esters (lactones) is 1. The Labute approximate surface area is 366 Å². The van der Waals surface area contributed by atoms with Crippen LogP contribution < -0.4 is 0 Å². The number of aliphatic hydroxyl groups is 8. The average molecular weight is 901 g/mol. The van der Waals surface area contributed by atoms with Crippen LogP contribution in [0.4, 0.5) is 0 Å². The van der Waals surface area contributed by atoms with E-state index in [1.54, 1.807) is 6.92 Å². The van der Waals surface area contributed by atoms with E-state index in [2.05, 4.69) is 13.8 Å². The van der Waals surface area contributed by atoms with Crippen LogP contribution in [-0.2, 0) is 52.2 Å². The standard InChI is InChI=1S/C44H68O19/c1-19-39(63-41-38(53)36(51)34(49)29(62-41)18-57-40-37(52)35(50)33(48)28(16-45)61-40)26(55-5)14-31(58-19)60-23-8-10-42(3)22(13-23)6-7-25-24(42)9-11-43(4)32(21-12-30(47)56-17-21)27(59-20(2)46)15-44(25,43)54/h12,19,22-29,31-41,45,48-54H,6-11,13-18H2,1-5H3/t19-,22+,23-,24-,25+,26-,27-,28+,29+,31-,32-,33+,34+,35-,36-,37+,38+,39-,40+,41-,42-,43+,44-/m0/s1. The summed E-state index contributed by atoms with van der Waals surface area (Å²) in [7, 11) is 1.52. The number of aliphatic hydroxyl groups excluding tert-OH is 7. The van der Waals surface area contributed by atoms with E-state index in [9.17, 15) is 50.4 Å². The zero-order chi connectivity index (χ0) is 45.3. The number of rotatable bonds is 11. The van der Waals surface area contributed by atoms with Crippen molar-refractivity contribution in [2.45, 2.75) is 189 Å². The van der Waals surface area contributed by atoms with Crippen LogP contribution in [0.1, 0.15) is 85.5 Å². The fraction of sp³-hybridized carbons (Fsp3) is 0.909. The lowest BCUT2D eigenvalue weighted by molar-refractivity contribution is -0.355. The first-order valence-electron chi connectivity index (χ1n) is 22.7. The first-order chi connectivity index (χ1) is 29.8. The second kappa shape index (κ2) is 18.3. The molecule has 3 saturated heterocycles. The van der Waals surface area contributed by atoms with Gasteiger partial charge in [-0.1, -0.05) is 13.8 Å². The number of fused-ring (bicyclic) bond motifs is 5. The molecule has 8 N–H and O–H groups in total. The summed E-state index contributed by atoms with van der Waals surface area (Å²) in [6.45, 7) is 6.62. The first kappa shape index (κ1) is 47.6. The molecule has 7 fully saturated rings. The number of carbonyl (C=O) groups is 2. The van der Waals surface area contributed by atoms with Gasteiger partial charge in [-0.25, -0.2) is 4.79 Å². The van der Waals surface area contributed by atoms with Crippen molar-refractivity contribution in [3.05, 3.63) is 11.6 Å². The summed E-state index contributed by atoms with van der Waals surface area (Å²) in [5, 5.41) is 85.4. The highest BCUT2D eigenvalue weighted by Crippen LogP contribution is 2.70. The lowest BCUT2D eigenvalue weighted by Crippen LogP contribution is -2.63. The van der Waals surface area contributed by atoms with E-state index < -0.39 is 128 Å². The van der Waals surface area contributed by atoms with Crippen molar-refractivity contribution in [1.82, 2.24) is 0 Å². The second-order valence-electron chi connectivity index (χ2n) is 20.0. The van der Waals surface area contributed by atoms with Crippen molar-refractivity contribution in [3.8, 4) is 0 Å². The number of hydrogen-bond donors (Lipinski definition) is 8. The minimum absolute atomic E-state index is 0.000125. The lowest BCUT2D eigenvalue weighted by atomic mass is 9.43. The Hall–Kier alpha value is -1.92. The van der Waals surface area contributed by atoms with Gasteiger partial charge in [0.05, 0.1) is 37.1 Å². The molecule has 63 heavy (non-hydrogen) atoms. The predicted octanol–water partition coefficient (Wildman–Crippen LogP) is -0.671. The third-order valence-corrected chi connectivity index (χ3v) is 16.7. The van der Waals surface area contributed by atoms with Gasteiger partial charge in [-0.05, 0) is 80.6 Å². The summed E-state index contributed by atoms with van der Waals surface area (Å²) in [5.74, 6) is -0.528. The van der Waals surface area contributed by atoms with E-state index in [-0.39, 0.29) is 42.3 Å². The van der Waals surface area contributed by atoms with Crippen molar-refractivity contribution >= 4 is 11.9 Å². The molecule has 0 spiro atoms. The summed E-state index contributed by atoms with van der Waals surface area (Å²) in [4.78, 5) is 24.5. The minimum atomic E-state index is -1.72. The van der Waals surface area contributed by atoms with Gasteiger partial charge in [0.1, 0.15) is 67.6 Å². The Kier molecular flexibility index (Phi) is 13.8. The van der Waals surface area contributed by atoms with Crippen LogP contribution in [0.5, 0.6) is 0 Å². The van der Waals surface area contributed by atoms with Gasteiger partial charge in [0.2, 0.25) is 0 Å². The highest BCUT2D eigenvalue weighted by Gasteiger charge is 2.71. The van der Waals surface area contributed by atoms with Crippen LogP contribution in [0.25, 0.3) is 0 Å². The molecule has 0 aromatic heterocycles. The molecule has 4 saturated carbocycles. The van der Waals surface area contributed by atoms with E-state index >= 15 is 0 Å². The number of methoxy groups -OCH3 is 1. The van der Waals surface area contributed by atoms with E-state index in [4.69, 9.17) is 42.6 Å². The fourth-order valence-corrected chi connectivity index (χ4v) is 13.3. The summed E-state index contributed by atoms with van der Waals surface area (Å²) >= 11 is 0. The van der Waals surface area contributed by atoms with Gasteiger partial charge >= 0.3 is 11.9 Å². The monoisotopic (exact) mass is 900 g/mol. The molecule has 0 unspecified atom stereocenters. The normalized spacial score (nSPS) is 52.3. The Morgan fingerprint density at radius 3 is 2.19 bits per heavy atom. The maximum atomic E-state index is 12.9. The van der Waals surface area contributed by atoms with Crippen molar-refractivity contribution < 1.29 is 93.1 Å². The van der Waals surface area contributed by atoms with Crippen LogP contribution in [0.2, 0.25) is 0 Å². The van der Waals surface area contributed by atoms with E-state index in [1.807, 2.05) is 0 Å². The van der Waals surface area contributed by atoms with Gasteiger partial charge in [-0.15, -0.1) is 0 Å². The van der Waals surface area contributed by atoms with Crippen LogP contribution in [0, 0.1) is 34.5 Å². The molecule has 0 radical (unpaired) electrons. The van der Waals surface area contributed by atoms with Crippen LogP contribution in [0.3, 0.4) is 0 Å². The molecule has 0 aromatic carbocycles. The highest BCUT2D eigenvalue weighted by molar-refractivity contribution is 5.85. The highest BCUT2D eigenvalue weighted by atomic mass is 16.8. The third kappa shape index (κ3) is 8.43. The fourth-order valence-electron chi connectivity index (χ4n) is 13.3.